The molecule has 0 bridgehead atoms. The van der Waals surface area contributed by atoms with Crippen molar-refractivity contribution in [3.05, 3.63) is 35.5 Å². The molecule has 0 saturated heterocycles. The zero-order valence-electron chi connectivity index (χ0n) is 22.2. The van der Waals surface area contributed by atoms with Crippen molar-refractivity contribution < 1.29 is 20.1 Å². The van der Waals surface area contributed by atoms with Crippen molar-refractivity contribution in [3.8, 4) is 0 Å². The molecule has 3 aliphatic carbocycles. The Morgan fingerprint density at radius 1 is 1.18 bits per heavy atom. The van der Waals surface area contributed by atoms with Crippen LogP contribution in [0.2, 0.25) is 0 Å². The average molecular weight is 475 g/mol. The summed E-state index contributed by atoms with van der Waals surface area (Å²) in [6.45, 7) is 14.3. The molecule has 0 spiro atoms. The minimum Gasteiger partial charge on any atom is -0.393 e. The number of fused-ring (bicyclic) bond motifs is 1. The summed E-state index contributed by atoms with van der Waals surface area (Å²) in [5, 5.41) is 31.2. The standard InChI is InChI=1S/C30H50O4/c1-6-14-30(33,15-7-2)20-34-19-21(3)26-12-13-27-23(9-8-16-29(26,27)5)10-11-24-17-25(31)18-28(32)22(24)4/h10-11,21,25-28,31-33H,4,6-9,12-20H2,1-3,5H3/b23-10+,24-11+/t21-,25-,26-,27+,28+,29-/m1/s1. The molecule has 0 unspecified atom stereocenters. The highest BCUT2D eigenvalue weighted by atomic mass is 16.5. The van der Waals surface area contributed by atoms with Crippen LogP contribution in [0.25, 0.3) is 0 Å². The second-order valence-corrected chi connectivity index (χ2v) is 11.9. The van der Waals surface area contributed by atoms with Crippen LogP contribution in [0.15, 0.2) is 35.5 Å². The van der Waals surface area contributed by atoms with Crippen molar-refractivity contribution in [3.63, 3.8) is 0 Å². The van der Waals surface area contributed by atoms with Gasteiger partial charge >= 0.3 is 0 Å². The van der Waals surface area contributed by atoms with Crippen molar-refractivity contribution in [2.45, 2.75) is 116 Å². The van der Waals surface area contributed by atoms with Gasteiger partial charge in [-0.05, 0) is 85.7 Å². The lowest BCUT2D eigenvalue weighted by Crippen LogP contribution is -2.38. The molecule has 0 aromatic rings. The average Bonchev–Trinajstić information content (AvgIpc) is 3.13. The Balaban J connectivity index is 1.65. The van der Waals surface area contributed by atoms with Crippen LogP contribution in [0.1, 0.15) is 98.3 Å². The molecular formula is C30H50O4. The molecule has 4 nitrogen and oxygen atoms in total. The Bertz CT molecular complexity index is 747. The first kappa shape index (κ1) is 27.6. The van der Waals surface area contributed by atoms with E-state index in [1.807, 2.05) is 0 Å². The van der Waals surface area contributed by atoms with Gasteiger partial charge in [0.15, 0.2) is 0 Å². The van der Waals surface area contributed by atoms with Gasteiger partial charge in [-0.25, -0.2) is 0 Å². The number of hydrogen-bond acceptors (Lipinski definition) is 4. The van der Waals surface area contributed by atoms with E-state index >= 15 is 0 Å². The predicted octanol–water partition coefficient (Wildman–Crippen LogP) is 6.11. The van der Waals surface area contributed by atoms with Crippen LogP contribution in [0.3, 0.4) is 0 Å². The van der Waals surface area contributed by atoms with E-state index in [9.17, 15) is 15.3 Å². The number of aliphatic hydroxyl groups excluding tert-OH is 2. The van der Waals surface area contributed by atoms with E-state index in [0.29, 0.717) is 37.2 Å². The topological polar surface area (TPSA) is 69.9 Å². The fourth-order valence-electron chi connectivity index (χ4n) is 7.43. The highest BCUT2D eigenvalue weighted by Crippen LogP contribution is 2.59. The Morgan fingerprint density at radius 2 is 1.88 bits per heavy atom. The van der Waals surface area contributed by atoms with Gasteiger partial charge in [-0.3, -0.25) is 0 Å². The molecule has 0 aromatic carbocycles. The highest BCUT2D eigenvalue weighted by Gasteiger charge is 2.50. The Hall–Kier alpha value is -0.940. The lowest BCUT2D eigenvalue weighted by molar-refractivity contribution is -0.0718. The second kappa shape index (κ2) is 11.9. The minimum atomic E-state index is -0.677. The lowest BCUT2D eigenvalue weighted by Gasteiger charge is -2.44. The zero-order valence-corrected chi connectivity index (χ0v) is 22.2. The predicted molar refractivity (Wildman–Crippen MR) is 139 cm³/mol. The van der Waals surface area contributed by atoms with Crippen LogP contribution < -0.4 is 0 Å². The summed E-state index contributed by atoms with van der Waals surface area (Å²) >= 11 is 0. The van der Waals surface area contributed by atoms with E-state index in [4.69, 9.17) is 4.74 Å². The van der Waals surface area contributed by atoms with E-state index in [1.165, 1.54) is 31.3 Å². The van der Waals surface area contributed by atoms with Crippen LogP contribution in [-0.4, -0.2) is 46.3 Å². The molecule has 3 N–H and O–H groups in total. The van der Waals surface area contributed by atoms with Crippen LogP contribution in [0.5, 0.6) is 0 Å². The van der Waals surface area contributed by atoms with Gasteiger partial charge < -0.3 is 20.1 Å². The summed E-state index contributed by atoms with van der Waals surface area (Å²) in [6, 6.07) is 0. The fraction of sp³-hybridized carbons (Fsp3) is 0.800. The molecule has 0 aromatic heterocycles. The molecule has 6 atom stereocenters. The Morgan fingerprint density at radius 3 is 2.56 bits per heavy atom. The zero-order chi connectivity index (χ0) is 24.9. The third kappa shape index (κ3) is 6.24. The van der Waals surface area contributed by atoms with Gasteiger partial charge in [-0.2, -0.15) is 0 Å². The molecule has 0 amide bonds. The van der Waals surface area contributed by atoms with Crippen LogP contribution >= 0.6 is 0 Å². The van der Waals surface area contributed by atoms with Gasteiger partial charge in [0.05, 0.1) is 24.4 Å². The van der Waals surface area contributed by atoms with Crippen LogP contribution in [0, 0.1) is 23.2 Å². The summed E-state index contributed by atoms with van der Waals surface area (Å²) in [5.41, 5.74) is 2.90. The molecule has 194 valence electrons. The van der Waals surface area contributed by atoms with E-state index in [1.54, 1.807) is 0 Å². The van der Waals surface area contributed by atoms with Crippen molar-refractivity contribution in [1.29, 1.82) is 0 Å². The SMILES string of the molecule is C=C1/C(=C/C=C2\CCC[C@]3(C)[C@@H]([C@H](C)COCC(O)(CCC)CCC)CC[C@@H]23)C[C@@H](O)C[C@@H]1O. The first-order valence-electron chi connectivity index (χ1n) is 13.9. The fourth-order valence-corrected chi connectivity index (χ4v) is 7.43. The van der Waals surface area contributed by atoms with Crippen LogP contribution in [-0.2, 0) is 4.74 Å². The third-order valence-corrected chi connectivity index (χ3v) is 9.17. The van der Waals surface area contributed by atoms with Crippen molar-refractivity contribution in [1.82, 2.24) is 0 Å². The molecule has 0 heterocycles. The molecule has 34 heavy (non-hydrogen) atoms. The number of aliphatic hydroxyl groups is 3. The summed E-state index contributed by atoms with van der Waals surface area (Å²) in [7, 11) is 0. The Labute approximate surface area is 208 Å². The van der Waals surface area contributed by atoms with Gasteiger partial charge in [0.2, 0.25) is 0 Å². The molecule has 3 fully saturated rings. The maximum Gasteiger partial charge on any atom is 0.0880 e. The van der Waals surface area contributed by atoms with Crippen molar-refractivity contribution in [2.75, 3.05) is 13.2 Å². The smallest absolute Gasteiger partial charge is 0.0880 e. The molecule has 0 radical (unpaired) electrons. The van der Waals surface area contributed by atoms with Crippen molar-refractivity contribution >= 4 is 0 Å². The van der Waals surface area contributed by atoms with E-state index < -0.39 is 17.8 Å². The first-order valence-corrected chi connectivity index (χ1v) is 13.9. The normalized spacial score (nSPS) is 35.7. The molecule has 3 rings (SSSR count). The summed E-state index contributed by atoms with van der Waals surface area (Å²) in [4.78, 5) is 0. The van der Waals surface area contributed by atoms with Gasteiger partial charge in [0, 0.05) is 13.0 Å². The second-order valence-electron chi connectivity index (χ2n) is 11.9. The van der Waals surface area contributed by atoms with Gasteiger partial charge in [-0.1, -0.05) is 64.8 Å². The number of ether oxygens (including phenoxy) is 1. The number of rotatable bonds is 10. The maximum atomic E-state index is 10.9. The van der Waals surface area contributed by atoms with Crippen molar-refractivity contribution in [2.24, 2.45) is 23.2 Å². The quantitative estimate of drug-likeness (QED) is 0.357. The first-order chi connectivity index (χ1) is 16.1. The van der Waals surface area contributed by atoms with Gasteiger partial charge in [0.1, 0.15) is 0 Å². The maximum absolute atomic E-state index is 10.9. The monoisotopic (exact) mass is 474 g/mol. The van der Waals surface area contributed by atoms with Gasteiger partial charge in [0.25, 0.3) is 0 Å². The van der Waals surface area contributed by atoms with E-state index in [2.05, 4.69) is 46.4 Å². The highest BCUT2D eigenvalue weighted by molar-refractivity contribution is 5.38. The summed E-state index contributed by atoms with van der Waals surface area (Å²) < 4.78 is 6.16. The molecular weight excluding hydrogens is 424 g/mol. The molecule has 0 aliphatic heterocycles. The number of hydrogen-bond donors (Lipinski definition) is 3. The van der Waals surface area contributed by atoms with Gasteiger partial charge in [-0.15, -0.1) is 0 Å². The summed E-state index contributed by atoms with van der Waals surface area (Å²) in [5.74, 6) is 1.70. The minimum absolute atomic E-state index is 0.289. The third-order valence-electron chi connectivity index (χ3n) is 9.17. The largest absolute Gasteiger partial charge is 0.393 e. The van der Waals surface area contributed by atoms with E-state index in [-0.39, 0.29) is 5.41 Å². The molecule has 3 aliphatic rings. The lowest BCUT2D eigenvalue weighted by atomic mass is 9.61. The van der Waals surface area contributed by atoms with Crippen LogP contribution in [0.4, 0.5) is 0 Å². The number of allylic oxidation sites excluding steroid dienone is 3. The Kier molecular flexibility index (Phi) is 9.65. The summed E-state index contributed by atoms with van der Waals surface area (Å²) in [6.07, 6.45) is 13.9. The molecule has 4 heteroatoms. The van der Waals surface area contributed by atoms with E-state index in [0.717, 1.165) is 49.9 Å². The molecule has 3 saturated carbocycles.